The van der Waals surface area contributed by atoms with E-state index in [9.17, 15) is 43.9 Å². The van der Waals surface area contributed by atoms with E-state index in [1.165, 1.54) is 0 Å². The number of nitrogens with zero attached hydrogens (tertiary/aromatic N) is 3. The highest BCUT2D eigenvalue weighted by Crippen LogP contribution is 2.09. The lowest BCUT2D eigenvalue weighted by atomic mass is 10.0. The molecule has 1 aliphatic heterocycles. The predicted molar refractivity (Wildman–Crippen MR) is 131 cm³/mol. The van der Waals surface area contributed by atoms with Crippen molar-refractivity contribution in [2.24, 2.45) is 0 Å². The summed E-state index contributed by atoms with van der Waals surface area (Å²) in [5, 5.41) is 48.7. The molecule has 1 rings (SSSR count). The van der Waals surface area contributed by atoms with Gasteiger partial charge >= 0.3 is 0 Å². The highest BCUT2D eigenvalue weighted by atomic mass is 16.5. The first-order valence-corrected chi connectivity index (χ1v) is 12.5. The molecular formula is C22H37N7O11. The van der Waals surface area contributed by atoms with Gasteiger partial charge in [-0.2, -0.15) is 0 Å². The monoisotopic (exact) mass is 575 g/mol. The molecule has 18 nitrogen and oxygen atoms in total. The molecule has 0 aromatic carbocycles. The molecule has 0 aromatic rings. The Hall–Kier alpha value is -3.87. The molecule has 1 heterocycles. The molecule has 1 fully saturated rings. The van der Waals surface area contributed by atoms with Crippen LogP contribution in [0.3, 0.4) is 0 Å². The lowest BCUT2D eigenvalue weighted by molar-refractivity contribution is -0.170. The van der Waals surface area contributed by atoms with E-state index in [0.717, 1.165) is 6.92 Å². The molecule has 1 saturated heterocycles. The summed E-state index contributed by atoms with van der Waals surface area (Å²) in [6.45, 7) is -0.167. The first kappa shape index (κ1) is 34.2. The van der Waals surface area contributed by atoms with Crippen molar-refractivity contribution in [2.45, 2.75) is 69.6 Å². The lowest BCUT2D eigenvalue weighted by Gasteiger charge is -2.30. The molecule has 8 N–H and O–H groups in total. The van der Waals surface area contributed by atoms with Gasteiger partial charge in [0.1, 0.15) is 24.2 Å². The van der Waals surface area contributed by atoms with Gasteiger partial charge in [-0.05, 0) is 38.5 Å². The van der Waals surface area contributed by atoms with Gasteiger partial charge < -0.3 is 26.4 Å². The Balaban J connectivity index is 2.56. The van der Waals surface area contributed by atoms with Gasteiger partial charge in [0.05, 0.1) is 6.61 Å². The van der Waals surface area contributed by atoms with Crippen LogP contribution in [0, 0.1) is 0 Å². The van der Waals surface area contributed by atoms with E-state index >= 15 is 0 Å². The molecule has 1 aliphatic rings. The third kappa shape index (κ3) is 11.9. The Morgan fingerprint density at radius 3 is 1.82 bits per heavy atom. The molecule has 0 aliphatic carbocycles. The zero-order valence-electron chi connectivity index (χ0n) is 22.0. The summed E-state index contributed by atoms with van der Waals surface area (Å²) in [4.78, 5) is 82.0. The van der Waals surface area contributed by atoms with E-state index in [1.807, 2.05) is 0 Å². The van der Waals surface area contributed by atoms with Crippen LogP contribution in [0.25, 0.3) is 0 Å². The Morgan fingerprint density at radius 1 is 0.850 bits per heavy atom. The molecule has 226 valence electrons. The van der Waals surface area contributed by atoms with Crippen LogP contribution in [0.15, 0.2) is 0 Å². The number of hydroxylamine groups is 6. The minimum atomic E-state index is -1.56. The summed E-state index contributed by atoms with van der Waals surface area (Å²) < 4.78 is 0. The largest absolute Gasteiger partial charge is 0.394 e. The molecule has 0 spiro atoms. The second kappa shape index (κ2) is 17.7. The smallest absolute Gasteiger partial charge is 0.270 e. The fraction of sp³-hybridized carbons (Fsp3) is 0.682. The van der Waals surface area contributed by atoms with Crippen molar-refractivity contribution in [1.82, 2.24) is 36.5 Å². The van der Waals surface area contributed by atoms with Crippen molar-refractivity contribution in [1.29, 1.82) is 0 Å². The molecule has 0 saturated carbocycles. The normalized spacial score (nSPS) is 17.9. The molecule has 0 radical (unpaired) electrons. The number of carbonyl (C=O) groups excluding carboxylic acids is 7. The molecule has 7 amide bonds. The summed E-state index contributed by atoms with van der Waals surface area (Å²) in [5.74, 6) is -3.43. The van der Waals surface area contributed by atoms with Crippen molar-refractivity contribution in [3.05, 3.63) is 0 Å². The molecule has 4 atom stereocenters. The summed E-state index contributed by atoms with van der Waals surface area (Å²) in [5.41, 5.74) is 0. The van der Waals surface area contributed by atoms with E-state index in [4.69, 9.17) is 10.4 Å². The van der Waals surface area contributed by atoms with Crippen molar-refractivity contribution in [2.75, 3.05) is 26.2 Å². The van der Waals surface area contributed by atoms with Crippen molar-refractivity contribution in [3.8, 4) is 0 Å². The number of aliphatic hydroxyl groups is 1. The van der Waals surface area contributed by atoms with Crippen LogP contribution >= 0.6 is 0 Å². The average molecular weight is 576 g/mol. The standard InChI is InChI=1S/C22H37N7O11/c1-14(33)23-15(5-2-8-27(38)12-31)19(34)26-18(11-30)22(37)29(40)10-4-7-17-21(36)24-16(20(35)25-17)6-3-9-28(39)13-32/h12-13,15-18,30,38-40H,2-11H2,1H3,(H,23,33)(H,24,36)(H,25,35)(H,26,34)/t15-,16-,17?,18-/m0/s1. The number of aliphatic hydroxyl groups excluding tert-OH is 1. The Morgan fingerprint density at radius 2 is 1.35 bits per heavy atom. The Labute approximate surface area is 229 Å². The number of amides is 7. The lowest BCUT2D eigenvalue weighted by Crippen LogP contribution is -2.61. The third-order valence-corrected chi connectivity index (χ3v) is 5.88. The molecule has 18 heteroatoms. The second-order valence-electron chi connectivity index (χ2n) is 9.04. The summed E-state index contributed by atoms with van der Waals surface area (Å²) in [7, 11) is 0. The number of nitrogens with one attached hydrogen (secondary N) is 4. The highest BCUT2D eigenvalue weighted by Gasteiger charge is 2.33. The van der Waals surface area contributed by atoms with Crippen LogP contribution in [0.2, 0.25) is 0 Å². The van der Waals surface area contributed by atoms with Gasteiger partial charge in [-0.1, -0.05) is 0 Å². The van der Waals surface area contributed by atoms with Crippen LogP contribution in [-0.4, -0.2) is 129 Å². The number of carbonyl (C=O) groups is 7. The maximum absolute atomic E-state index is 12.6. The van der Waals surface area contributed by atoms with Crippen molar-refractivity contribution < 1.29 is 54.3 Å². The zero-order chi connectivity index (χ0) is 30.2. The fourth-order valence-electron chi connectivity index (χ4n) is 3.81. The van der Waals surface area contributed by atoms with Crippen LogP contribution in [0.4, 0.5) is 0 Å². The van der Waals surface area contributed by atoms with Gasteiger partial charge in [0.2, 0.25) is 36.4 Å². The predicted octanol–water partition coefficient (Wildman–Crippen LogP) is -3.79. The number of hydrogen-bond donors (Lipinski definition) is 8. The quantitative estimate of drug-likeness (QED) is 0.0421. The molecule has 0 bridgehead atoms. The Bertz CT molecular complexity index is 906. The van der Waals surface area contributed by atoms with Crippen LogP contribution in [0.5, 0.6) is 0 Å². The molecule has 0 aromatic heterocycles. The summed E-state index contributed by atoms with van der Waals surface area (Å²) in [6, 6.07) is -4.50. The van der Waals surface area contributed by atoms with Gasteiger partial charge in [0.15, 0.2) is 0 Å². The van der Waals surface area contributed by atoms with Crippen molar-refractivity contribution in [3.63, 3.8) is 0 Å². The van der Waals surface area contributed by atoms with Crippen molar-refractivity contribution >= 4 is 42.4 Å². The molecule has 1 unspecified atom stereocenters. The maximum atomic E-state index is 12.6. The Kier molecular flexibility index (Phi) is 15.1. The SMILES string of the molecule is CC(=O)N[C@@H](CCCN(O)C=O)C(=O)N[C@@H](CO)C(=O)N(O)CCCC1NC(=O)[C@H](CCCN(O)C=O)NC1=O. The van der Waals surface area contributed by atoms with E-state index in [1.54, 1.807) is 0 Å². The van der Waals surface area contributed by atoms with Gasteiger partial charge in [-0.15, -0.1) is 0 Å². The minimum absolute atomic E-state index is 0.0137. The summed E-state index contributed by atoms with van der Waals surface area (Å²) >= 11 is 0. The third-order valence-electron chi connectivity index (χ3n) is 5.88. The number of piperazine rings is 1. The van der Waals surface area contributed by atoms with Crippen LogP contribution in [-0.2, 0) is 33.6 Å². The van der Waals surface area contributed by atoms with Gasteiger partial charge in [-0.25, -0.2) is 15.2 Å². The molecular weight excluding hydrogens is 538 g/mol. The number of rotatable bonds is 19. The summed E-state index contributed by atoms with van der Waals surface area (Å²) in [6.07, 6.45) is 1.03. The van der Waals surface area contributed by atoms with Gasteiger partial charge in [-0.3, -0.25) is 49.2 Å². The van der Waals surface area contributed by atoms with Crippen LogP contribution in [0.1, 0.15) is 45.4 Å². The van der Waals surface area contributed by atoms with E-state index in [0.29, 0.717) is 10.1 Å². The first-order valence-electron chi connectivity index (χ1n) is 12.5. The van der Waals surface area contributed by atoms with E-state index in [2.05, 4.69) is 21.3 Å². The topological polar surface area (TPSA) is 258 Å². The first-order chi connectivity index (χ1) is 18.9. The highest BCUT2D eigenvalue weighted by molar-refractivity contribution is 5.97. The van der Waals surface area contributed by atoms with E-state index < -0.39 is 60.3 Å². The number of hydrogen-bond acceptors (Lipinski definition) is 11. The zero-order valence-corrected chi connectivity index (χ0v) is 22.0. The van der Waals surface area contributed by atoms with E-state index in [-0.39, 0.29) is 76.0 Å². The average Bonchev–Trinajstić information content (AvgIpc) is 2.92. The van der Waals surface area contributed by atoms with Gasteiger partial charge in [0.25, 0.3) is 5.91 Å². The molecule has 40 heavy (non-hydrogen) atoms. The minimum Gasteiger partial charge on any atom is -0.394 e. The maximum Gasteiger partial charge on any atom is 0.270 e. The van der Waals surface area contributed by atoms with Gasteiger partial charge in [0, 0.05) is 26.6 Å². The van der Waals surface area contributed by atoms with Crippen LogP contribution < -0.4 is 21.3 Å². The fourth-order valence-corrected chi connectivity index (χ4v) is 3.81. The second-order valence-corrected chi connectivity index (χ2v) is 9.04.